The van der Waals surface area contributed by atoms with Gasteiger partial charge < -0.3 is 0 Å². The molecular formula is C14H14OS3. The van der Waals surface area contributed by atoms with Gasteiger partial charge in [0.1, 0.15) is 0 Å². The third kappa shape index (κ3) is 2.22. The molecule has 0 N–H and O–H groups in total. The highest BCUT2D eigenvalue weighted by atomic mass is 32.2. The zero-order valence-corrected chi connectivity index (χ0v) is 12.5. The van der Waals surface area contributed by atoms with Crippen LogP contribution < -0.4 is 0 Å². The minimum Gasteiger partial charge on any atom is -0.293 e. The predicted octanol–water partition coefficient (Wildman–Crippen LogP) is 4.32. The molecule has 3 rings (SSSR count). The Kier molecular flexibility index (Phi) is 3.68. The van der Waals surface area contributed by atoms with Crippen molar-refractivity contribution < 1.29 is 4.79 Å². The zero-order chi connectivity index (χ0) is 12.5. The minimum absolute atomic E-state index is 0.122. The van der Waals surface area contributed by atoms with Crippen LogP contribution in [0, 0.1) is 0 Å². The second kappa shape index (κ2) is 5.27. The summed E-state index contributed by atoms with van der Waals surface area (Å²) in [6, 6.07) is 8.14. The lowest BCUT2D eigenvalue weighted by atomic mass is 10.0. The van der Waals surface area contributed by atoms with Crippen LogP contribution in [0.5, 0.6) is 0 Å². The second-order valence-electron chi connectivity index (χ2n) is 4.38. The molecule has 1 aliphatic heterocycles. The van der Waals surface area contributed by atoms with Gasteiger partial charge in [0.05, 0.1) is 5.25 Å². The first-order chi connectivity index (χ1) is 8.77. The molecule has 4 heteroatoms. The van der Waals surface area contributed by atoms with Gasteiger partial charge in [-0.1, -0.05) is 19.1 Å². The van der Waals surface area contributed by atoms with Crippen LogP contribution in [0.2, 0.25) is 0 Å². The number of Topliss-reactive ketones (excluding diaryl/α,β-unsaturated/α-hetero) is 1. The van der Waals surface area contributed by atoms with Gasteiger partial charge in [0, 0.05) is 27.0 Å². The Bertz CT molecular complexity index is 575. The standard InChI is InChI=1S/C14H14OS3/c1-9-13(18-8-7-16-9)12(15)11-4-2-3-10-5-6-17-14(10)11/h2-6,9,13H,7-8H2,1H3. The Morgan fingerprint density at radius 2 is 2.06 bits per heavy atom. The van der Waals surface area contributed by atoms with Gasteiger partial charge in [0.15, 0.2) is 5.78 Å². The van der Waals surface area contributed by atoms with Crippen molar-refractivity contribution in [2.45, 2.75) is 17.4 Å². The first-order valence-corrected chi connectivity index (χ1v) is 8.99. The number of hydrogen-bond donors (Lipinski definition) is 0. The van der Waals surface area contributed by atoms with Gasteiger partial charge in [-0.25, -0.2) is 0 Å². The second-order valence-corrected chi connectivity index (χ2v) is 8.03. The first kappa shape index (κ1) is 12.6. The van der Waals surface area contributed by atoms with Crippen molar-refractivity contribution in [2.75, 3.05) is 11.5 Å². The molecule has 0 spiro atoms. The van der Waals surface area contributed by atoms with E-state index in [2.05, 4.69) is 24.4 Å². The quantitative estimate of drug-likeness (QED) is 0.768. The van der Waals surface area contributed by atoms with Crippen LogP contribution in [0.4, 0.5) is 0 Å². The van der Waals surface area contributed by atoms with Crippen molar-refractivity contribution in [1.29, 1.82) is 0 Å². The SMILES string of the molecule is CC1SCCSC1C(=O)c1cccc2ccsc12. The minimum atomic E-state index is 0.122. The summed E-state index contributed by atoms with van der Waals surface area (Å²) in [5.74, 6) is 2.57. The highest BCUT2D eigenvalue weighted by molar-refractivity contribution is 8.07. The fraction of sp³-hybridized carbons (Fsp3) is 0.357. The average molecular weight is 294 g/mol. The average Bonchev–Trinajstić information content (AvgIpc) is 2.86. The van der Waals surface area contributed by atoms with Crippen molar-refractivity contribution in [2.24, 2.45) is 0 Å². The molecule has 18 heavy (non-hydrogen) atoms. The molecule has 0 saturated carbocycles. The molecule has 1 aromatic heterocycles. The van der Waals surface area contributed by atoms with Gasteiger partial charge in [-0.05, 0) is 22.9 Å². The van der Waals surface area contributed by atoms with Crippen LogP contribution in [-0.4, -0.2) is 27.8 Å². The van der Waals surface area contributed by atoms with E-state index in [0.29, 0.717) is 11.0 Å². The molecule has 2 heterocycles. The van der Waals surface area contributed by atoms with E-state index in [1.807, 2.05) is 35.7 Å². The molecule has 0 bridgehead atoms. The maximum Gasteiger partial charge on any atom is 0.178 e. The van der Waals surface area contributed by atoms with Gasteiger partial charge in [-0.2, -0.15) is 11.8 Å². The smallest absolute Gasteiger partial charge is 0.178 e. The largest absolute Gasteiger partial charge is 0.293 e. The fourth-order valence-corrected chi connectivity index (χ4v) is 5.89. The number of fused-ring (bicyclic) bond motifs is 1. The van der Waals surface area contributed by atoms with E-state index in [0.717, 1.165) is 16.0 Å². The van der Waals surface area contributed by atoms with Crippen LogP contribution in [0.1, 0.15) is 17.3 Å². The van der Waals surface area contributed by atoms with E-state index in [-0.39, 0.29) is 5.25 Å². The predicted molar refractivity (Wildman–Crippen MR) is 84.3 cm³/mol. The number of benzene rings is 1. The number of rotatable bonds is 2. The lowest BCUT2D eigenvalue weighted by Crippen LogP contribution is -2.31. The Hall–Kier alpha value is -0.450. The molecule has 1 nitrogen and oxygen atoms in total. The molecule has 94 valence electrons. The molecule has 1 aliphatic rings. The van der Waals surface area contributed by atoms with Gasteiger partial charge >= 0.3 is 0 Å². The van der Waals surface area contributed by atoms with Crippen LogP contribution in [0.3, 0.4) is 0 Å². The number of hydrogen-bond acceptors (Lipinski definition) is 4. The number of thioether (sulfide) groups is 2. The molecule has 1 fully saturated rings. The third-order valence-corrected chi connectivity index (χ3v) is 7.24. The Morgan fingerprint density at radius 1 is 1.22 bits per heavy atom. The van der Waals surface area contributed by atoms with Crippen molar-refractivity contribution >= 4 is 50.7 Å². The number of thiophene rings is 1. The molecule has 1 aromatic carbocycles. The lowest BCUT2D eigenvalue weighted by molar-refractivity contribution is 0.0991. The van der Waals surface area contributed by atoms with Gasteiger partial charge in [0.25, 0.3) is 0 Å². The maximum absolute atomic E-state index is 12.7. The molecule has 0 aliphatic carbocycles. The Balaban J connectivity index is 1.98. The summed E-state index contributed by atoms with van der Waals surface area (Å²) in [6.07, 6.45) is 0. The highest BCUT2D eigenvalue weighted by Gasteiger charge is 2.30. The van der Waals surface area contributed by atoms with E-state index in [4.69, 9.17) is 0 Å². The third-order valence-electron chi connectivity index (χ3n) is 3.19. The zero-order valence-electron chi connectivity index (χ0n) is 10.1. The lowest BCUT2D eigenvalue weighted by Gasteiger charge is -2.26. The van der Waals surface area contributed by atoms with Gasteiger partial charge in [0.2, 0.25) is 0 Å². The Labute approximate surface area is 119 Å². The van der Waals surface area contributed by atoms with E-state index >= 15 is 0 Å². The monoisotopic (exact) mass is 294 g/mol. The summed E-state index contributed by atoms with van der Waals surface area (Å²) in [5.41, 5.74) is 0.911. The summed E-state index contributed by atoms with van der Waals surface area (Å²) in [6.45, 7) is 2.17. The van der Waals surface area contributed by atoms with Crippen LogP contribution in [0.25, 0.3) is 10.1 Å². The van der Waals surface area contributed by atoms with Crippen molar-refractivity contribution in [3.05, 3.63) is 35.2 Å². The normalized spacial score (nSPS) is 24.3. The number of carbonyl (C=O) groups excluding carboxylic acids is 1. The van der Waals surface area contributed by atoms with Gasteiger partial charge in [-0.15, -0.1) is 23.1 Å². The van der Waals surface area contributed by atoms with E-state index in [9.17, 15) is 4.79 Å². The Morgan fingerprint density at radius 3 is 2.89 bits per heavy atom. The van der Waals surface area contributed by atoms with Crippen LogP contribution >= 0.6 is 34.9 Å². The molecular weight excluding hydrogens is 280 g/mol. The van der Waals surface area contributed by atoms with Crippen molar-refractivity contribution in [3.8, 4) is 0 Å². The topological polar surface area (TPSA) is 17.1 Å². The summed E-state index contributed by atoms with van der Waals surface area (Å²) in [7, 11) is 0. The van der Waals surface area contributed by atoms with Crippen LogP contribution in [-0.2, 0) is 0 Å². The number of ketones is 1. The summed E-state index contributed by atoms with van der Waals surface area (Å²) in [5, 5.41) is 3.79. The summed E-state index contributed by atoms with van der Waals surface area (Å²) >= 11 is 5.41. The molecule has 0 radical (unpaired) electrons. The summed E-state index contributed by atoms with van der Waals surface area (Å²) in [4.78, 5) is 12.7. The number of carbonyl (C=O) groups is 1. The fourth-order valence-electron chi connectivity index (χ4n) is 2.26. The molecule has 2 aromatic rings. The van der Waals surface area contributed by atoms with E-state index < -0.39 is 0 Å². The maximum atomic E-state index is 12.7. The van der Waals surface area contributed by atoms with Crippen molar-refractivity contribution in [1.82, 2.24) is 0 Å². The highest BCUT2D eigenvalue weighted by Crippen LogP contribution is 2.35. The molecule has 2 unspecified atom stereocenters. The summed E-state index contributed by atoms with van der Waals surface area (Å²) < 4.78 is 1.14. The van der Waals surface area contributed by atoms with Gasteiger partial charge in [-0.3, -0.25) is 4.79 Å². The first-order valence-electron chi connectivity index (χ1n) is 6.01. The van der Waals surface area contributed by atoms with Crippen molar-refractivity contribution in [3.63, 3.8) is 0 Å². The van der Waals surface area contributed by atoms with Crippen LogP contribution in [0.15, 0.2) is 29.6 Å². The molecule has 2 atom stereocenters. The van der Waals surface area contributed by atoms with E-state index in [1.54, 1.807) is 11.3 Å². The molecule has 0 amide bonds. The van der Waals surface area contributed by atoms with E-state index in [1.165, 1.54) is 11.1 Å². The molecule has 1 saturated heterocycles.